The molecule has 0 spiro atoms. The van der Waals surface area contributed by atoms with Crippen molar-refractivity contribution >= 4 is 15.7 Å². The number of nitrogens with one attached hydrogen (secondary N) is 1. The highest BCUT2D eigenvalue weighted by Gasteiger charge is 2.23. The quantitative estimate of drug-likeness (QED) is 0.793. The van der Waals surface area contributed by atoms with Gasteiger partial charge >= 0.3 is 0 Å². The van der Waals surface area contributed by atoms with Crippen LogP contribution in [-0.4, -0.2) is 23.0 Å². The number of nitrogens with zero attached hydrogens (tertiary/aromatic N) is 3. The van der Waals surface area contributed by atoms with Crippen molar-refractivity contribution in [2.75, 3.05) is 4.72 Å². The lowest BCUT2D eigenvalue weighted by molar-refractivity contribution is 0.521. The number of imidazole rings is 1. The van der Waals surface area contributed by atoms with Crippen LogP contribution in [-0.2, 0) is 10.0 Å². The zero-order chi connectivity index (χ0) is 16.4. The van der Waals surface area contributed by atoms with Crippen LogP contribution in [0.25, 0.3) is 5.82 Å². The van der Waals surface area contributed by atoms with Gasteiger partial charge in [0.25, 0.3) is 10.0 Å². The number of aromatic nitrogens is 3. The van der Waals surface area contributed by atoms with Crippen LogP contribution in [0.15, 0.2) is 60.1 Å². The molecule has 0 saturated carbocycles. The van der Waals surface area contributed by atoms with Gasteiger partial charge in [0, 0.05) is 12.4 Å². The largest absolute Gasteiger partial charge is 0.291 e. The average Bonchev–Trinajstić information content (AvgIpc) is 3.01. The van der Waals surface area contributed by atoms with Crippen LogP contribution in [0.1, 0.15) is 0 Å². The molecule has 0 fully saturated rings. The molecule has 118 valence electrons. The molecule has 1 N–H and O–H groups in total. The average molecular weight is 336 g/mol. The number of hydrogen-bond acceptors (Lipinski definition) is 4. The molecule has 0 amide bonds. The summed E-state index contributed by atoms with van der Waals surface area (Å²) in [6, 6.07) is 5.80. The van der Waals surface area contributed by atoms with Gasteiger partial charge in [-0.15, -0.1) is 0 Å². The number of anilines is 1. The molecule has 0 aliphatic carbocycles. The third kappa shape index (κ3) is 3.04. The van der Waals surface area contributed by atoms with Crippen LogP contribution in [0.3, 0.4) is 0 Å². The van der Waals surface area contributed by atoms with Crippen LogP contribution in [0.5, 0.6) is 0 Å². The fourth-order valence-electron chi connectivity index (χ4n) is 1.94. The molecule has 9 heteroatoms. The molecule has 0 atom stereocenters. The van der Waals surface area contributed by atoms with E-state index >= 15 is 0 Å². The van der Waals surface area contributed by atoms with E-state index in [9.17, 15) is 17.2 Å². The van der Waals surface area contributed by atoms with Gasteiger partial charge in [0.15, 0.2) is 4.90 Å². The second-order valence-electron chi connectivity index (χ2n) is 4.53. The second-order valence-corrected chi connectivity index (χ2v) is 6.15. The van der Waals surface area contributed by atoms with Gasteiger partial charge in [-0.1, -0.05) is 6.07 Å². The summed E-state index contributed by atoms with van der Waals surface area (Å²) in [4.78, 5) is 6.89. The molecular formula is C14H10F2N4O2S. The topological polar surface area (TPSA) is 76.9 Å². The van der Waals surface area contributed by atoms with Gasteiger partial charge < -0.3 is 0 Å². The van der Waals surface area contributed by atoms with Crippen molar-refractivity contribution in [1.29, 1.82) is 0 Å². The summed E-state index contributed by atoms with van der Waals surface area (Å²) in [7, 11) is -4.40. The van der Waals surface area contributed by atoms with Crippen LogP contribution in [0, 0.1) is 11.6 Å². The Bertz CT molecular complexity index is 906. The van der Waals surface area contributed by atoms with Crippen molar-refractivity contribution in [2.24, 2.45) is 0 Å². The zero-order valence-electron chi connectivity index (χ0n) is 11.5. The summed E-state index contributed by atoms with van der Waals surface area (Å²) in [5.41, 5.74) is 0.0801. The number of halogens is 2. The van der Waals surface area contributed by atoms with Crippen LogP contribution in [0.4, 0.5) is 14.5 Å². The van der Waals surface area contributed by atoms with Gasteiger partial charge in [0.1, 0.15) is 23.8 Å². The van der Waals surface area contributed by atoms with Crippen molar-refractivity contribution < 1.29 is 17.2 Å². The molecule has 0 bridgehead atoms. The number of benzene rings is 1. The maximum atomic E-state index is 13.6. The molecular weight excluding hydrogens is 326 g/mol. The Balaban J connectivity index is 1.89. The van der Waals surface area contributed by atoms with Crippen molar-refractivity contribution in [3.8, 4) is 5.82 Å². The predicted molar refractivity (Wildman–Crippen MR) is 78.5 cm³/mol. The first-order valence-electron chi connectivity index (χ1n) is 6.38. The molecule has 0 aliphatic rings. The van der Waals surface area contributed by atoms with E-state index in [0.717, 1.165) is 18.2 Å². The molecule has 0 saturated heterocycles. The molecule has 0 aliphatic heterocycles. The zero-order valence-corrected chi connectivity index (χ0v) is 12.3. The van der Waals surface area contributed by atoms with Crippen molar-refractivity contribution in [3.05, 3.63) is 66.9 Å². The lowest BCUT2D eigenvalue weighted by atomic mass is 10.3. The lowest BCUT2D eigenvalue weighted by Crippen LogP contribution is -2.16. The highest BCUT2D eigenvalue weighted by molar-refractivity contribution is 7.92. The lowest BCUT2D eigenvalue weighted by Gasteiger charge is -2.10. The van der Waals surface area contributed by atoms with Gasteiger partial charge in [-0.3, -0.25) is 9.29 Å². The number of sulfonamides is 1. The van der Waals surface area contributed by atoms with Crippen LogP contribution >= 0.6 is 0 Å². The van der Waals surface area contributed by atoms with Crippen molar-refractivity contribution in [1.82, 2.24) is 14.5 Å². The van der Waals surface area contributed by atoms with E-state index in [2.05, 4.69) is 14.7 Å². The third-order valence-electron chi connectivity index (χ3n) is 2.96. The Kier molecular flexibility index (Phi) is 3.78. The third-order valence-corrected chi connectivity index (χ3v) is 4.39. The number of rotatable bonds is 4. The summed E-state index contributed by atoms with van der Waals surface area (Å²) >= 11 is 0. The summed E-state index contributed by atoms with van der Waals surface area (Å²) in [5.74, 6) is -1.82. The summed E-state index contributed by atoms with van der Waals surface area (Å²) in [6.45, 7) is 0. The van der Waals surface area contributed by atoms with E-state index in [1.807, 2.05) is 0 Å². The molecule has 3 aromatic rings. The normalized spacial score (nSPS) is 11.4. The number of hydrogen-bond donors (Lipinski definition) is 1. The minimum Gasteiger partial charge on any atom is -0.291 e. The fourth-order valence-corrected chi connectivity index (χ4v) is 3.12. The van der Waals surface area contributed by atoms with E-state index in [0.29, 0.717) is 5.82 Å². The summed E-state index contributed by atoms with van der Waals surface area (Å²) in [6.07, 6.45) is 6.01. The van der Waals surface area contributed by atoms with E-state index in [-0.39, 0.29) is 5.69 Å². The predicted octanol–water partition coefficient (Wildman–Crippen LogP) is 2.35. The Labute approximate surface area is 130 Å². The Hall–Kier alpha value is -2.81. The highest BCUT2D eigenvalue weighted by atomic mass is 32.2. The number of pyridine rings is 1. The first kappa shape index (κ1) is 15.1. The highest BCUT2D eigenvalue weighted by Crippen LogP contribution is 2.21. The van der Waals surface area contributed by atoms with E-state index in [4.69, 9.17) is 0 Å². The molecule has 6 nitrogen and oxygen atoms in total. The Morgan fingerprint density at radius 1 is 1.09 bits per heavy atom. The Morgan fingerprint density at radius 3 is 2.39 bits per heavy atom. The van der Waals surface area contributed by atoms with Crippen molar-refractivity contribution in [3.63, 3.8) is 0 Å². The second kappa shape index (κ2) is 5.76. The van der Waals surface area contributed by atoms with Gasteiger partial charge in [0.2, 0.25) is 0 Å². The molecule has 1 aromatic carbocycles. The molecule has 0 unspecified atom stereocenters. The fraction of sp³-hybridized carbons (Fsp3) is 0. The van der Waals surface area contributed by atoms with E-state index in [1.165, 1.54) is 24.7 Å². The summed E-state index contributed by atoms with van der Waals surface area (Å²) < 4.78 is 55.2. The minimum absolute atomic E-state index is 0.0801. The Morgan fingerprint density at radius 2 is 1.83 bits per heavy atom. The molecule has 0 radical (unpaired) electrons. The van der Waals surface area contributed by atoms with E-state index < -0.39 is 26.6 Å². The van der Waals surface area contributed by atoms with Gasteiger partial charge in [-0.05, 0) is 24.3 Å². The SMILES string of the molecule is O=S(=O)(Nc1ccc(-n2ccnc2)nc1)c1c(F)cccc1F. The van der Waals surface area contributed by atoms with Gasteiger partial charge in [0.05, 0.1) is 11.9 Å². The first-order valence-corrected chi connectivity index (χ1v) is 7.87. The van der Waals surface area contributed by atoms with Gasteiger partial charge in [-0.25, -0.2) is 27.2 Å². The first-order chi connectivity index (χ1) is 11.0. The van der Waals surface area contributed by atoms with Crippen LogP contribution < -0.4 is 4.72 Å². The van der Waals surface area contributed by atoms with Crippen molar-refractivity contribution in [2.45, 2.75) is 4.90 Å². The maximum Gasteiger partial charge on any atom is 0.267 e. The molecule has 23 heavy (non-hydrogen) atoms. The molecule has 2 heterocycles. The van der Waals surface area contributed by atoms with Crippen LogP contribution in [0.2, 0.25) is 0 Å². The van der Waals surface area contributed by atoms with Gasteiger partial charge in [-0.2, -0.15) is 0 Å². The minimum atomic E-state index is -4.40. The monoisotopic (exact) mass is 336 g/mol. The maximum absolute atomic E-state index is 13.6. The molecule has 2 aromatic heterocycles. The molecule has 3 rings (SSSR count). The smallest absolute Gasteiger partial charge is 0.267 e. The standard InChI is InChI=1S/C14H10F2N4O2S/c15-11-2-1-3-12(16)14(11)23(21,22)19-10-4-5-13(18-8-10)20-7-6-17-9-20/h1-9,19H. The summed E-state index contributed by atoms with van der Waals surface area (Å²) in [5, 5.41) is 0. The van der Waals surface area contributed by atoms with E-state index in [1.54, 1.807) is 17.0 Å².